The van der Waals surface area contributed by atoms with Crippen LogP contribution in [0.15, 0.2) is 73.8 Å². The number of hydrogen-bond acceptors (Lipinski definition) is 3. The monoisotopic (exact) mass is 466 g/mol. The predicted octanol–water partition coefficient (Wildman–Crippen LogP) is 8.33. The smallest absolute Gasteiger partial charge is 0.492 e. The molecule has 3 nitrogen and oxygen atoms in total. The molecule has 0 heterocycles. The summed E-state index contributed by atoms with van der Waals surface area (Å²) in [5.41, 5.74) is 2.20. The second kappa shape index (κ2) is 15.5. The summed E-state index contributed by atoms with van der Waals surface area (Å²) >= 11 is 0. The SMILES string of the molecule is C=CCc1ccccc1O[Si](CCCCCCCCCC)(OC)Oc1ccccc1CC=C. The summed E-state index contributed by atoms with van der Waals surface area (Å²) in [5, 5.41) is 0. The van der Waals surface area contributed by atoms with E-state index < -0.39 is 8.80 Å². The summed E-state index contributed by atoms with van der Waals surface area (Å²) in [6.45, 7) is 10.0. The first-order chi connectivity index (χ1) is 16.2. The van der Waals surface area contributed by atoms with Crippen LogP contribution in [0.25, 0.3) is 0 Å². The quantitative estimate of drug-likeness (QED) is 0.125. The van der Waals surface area contributed by atoms with Crippen molar-refractivity contribution in [1.29, 1.82) is 0 Å². The minimum absolute atomic E-state index is 0.745. The zero-order valence-corrected chi connectivity index (χ0v) is 21.7. The molecular formula is C29H42O3Si. The van der Waals surface area contributed by atoms with Gasteiger partial charge in [-0.3, -0.25) is 0 Å². The van der Waals surface area contributed by atoms with Crippen molar-refractivity contribution in [3.8, 4) is 11.5 Å². The normalized spacial score (nSPS) is 11.2. The molecule has 0 fully saturated rings. The minimum Gasteiger partial charge on any atom is -0.492 e. The Morgan fingerprint density at radius 1 is 0.697 bits per heavy atom. The summed E-state index contributed by atoms with van der Waals surface area (Å²) in [7, 11) is -1.30. The van der Waals surface area contributed by atoms with Crippen LogP contribution in [-0.4, -0.2) is 15.9 Å². The van der Waals surface area contributed by atoms with Crippen LogP contribution in [0.2, 0.25) is 6.04 Å². The largest absolute Gasteiger partial charge is 0.631 e. The number of rotatable bonds is 18. The van der Waals surface area contributed by atoms with Gasteiger partial charge in [0, 0.05) is 13.2 Å². The van der Waals surface area contributed by atoms with Crippen LogP contribution in [0, 0.1) is 0 Å². The third-order valence-electron chi connectivity index (χ3n) is 5.85. The molecule has 0 aliphatic rings. The predicted molar refractivity (Wildman–Crippen MR) is 142 cm³/mol. The number of unbranched alkanes of at least 4 members (excludes halogenated alkanes) is 7. The van der Waals surface area contributed by atoms with Crippen LogP contribution in [-0.2, 0) is 17.3 Å². The molecule has 0 spiro atoms. The highest BCUT2D eigenvalue weighted by molar-refractivity contribution is 6.62. The zero-order valence-electron chi connectivity index (χ0n) is 20.7. The van der Waals surface area contributed by atoms with Gasteiger partial charge in [0.05, 0.1) is 0 Å². The molecule has 2 aromatic rings. The maximum atomic E-state index is 6.65. The Labute approximate surface area is 202 Å². The van der Waals surface area contributed by atoms with E-state index in [9.17, 15) is 0 Å². The highest BCUT2D eigenvalue weighted by Gasteiger charge is 2.45. The molecule has 0 aliphatic carbocycles. The Morgan fingerprint density at radius 2 is 1.15 bits per heavy atom. The Bertz CT molecular complexity index is 778. The van der Waals surface area contributed by atoms with E-state index in [1.54, 1.807) is 7.11 Å². The van der Waals surface area contributed by atoms with E-state index in [0.29, 0.717) is 0 Å². The second-order valence-electron chi connectivity index (χ2n) is 8.52. The molecule has 33 heavy (non-hydrogen) atoms. The molecule has 0 radical (unpaired) electrons. The van der Waals surface area contributed by atoms with Crippen molar-refractivity contribution in [3.05, 3.63) is 85.0 Å². The number of para-hydroxylation sites is 2. The summed E-state index contributed by atoms with van der Waals surface area (Å²) in [4.78, 5) is 0. The van der Waals surface area contributed by atoms with Gasteiger partial charge in [0.1, 0.15) is 11.5 Å². The van der Waals surface area contributed by atoms with Crippen molar-refractivity contribution in [3.63, 3.8) is 0 Å². The van der Waals surface area contributed by atoms with Gasteiger partial charge in [0.25, 0.3) is 0 Å². The fraction of sp³-hybridized carbons (Fsp3) is 0.448. The van der Waals surface area contributed by atoms with Crippen molar-refractivity contribution in [2.24, 2.45) is 0 Å². The number of benzene rings is 2. The Hall–Kier alpha value is -2.30. The average Bonchev–Trinajstić information content (AvgIpc) is 2.83. The highest BCUT2D eigenvalue weighted by Crippen LogP contribution is 2.30. The van der Waals surface area contributed by atoms with E-state index in [0.717, 1.165) is 47.9 Å². The zero-order chi connectivity index (χ0) is 23.8. The average molecular weight is 467 g/mol. The van der Waals surface area contributed by atoms with Gasteiger partial charge in [-0.05, 0) is 42.5 Å². The van der Waals surface area contributed by atoms with Crippen molar-refractivity contribution >= 4 is 8.80 Å². The van der Waals surface area contributed by atoms with Gasteiger partial charge in [0.15, 0.2) is 0 Å². The lowest BCUT2D eigenvalue weighted by Gasteiger charge is -2.30. The van der Waals surface area contributed by atoms with Crippen LogP contribution in [0.3, 0.4) is 0 Å². The molecule has 0 unspecified atom stereocenters. The van der Waals surface area contributed by atoms with Gasteiger partial charge in [-0.2, -0.15) is 0 Å². The van der Waals surface area contributed by atoms with Crippen LogP contribution in [0.1, 0.15) is 69.4 Å². The molecule has 0 saturated carbocycles. The highest BCUT2D eigenvalue weighted by atomic mass is 28.4. The second-order valence-corrected chi connectivity index (χ2v) is 11.2. The molecule has 180 valence electrons. The Kier molecular flexibility index (Phi) is 12.7. The maximum Gasteiger partial charge on any atom is 0.631 e. The van der Waals surface area contributed by atoms with Gasteiger partial charge < -0.3 is 13.3 Å². The van der Waals surface area contributed by atoms with E-state index >= 15 is 0 Å². The van der Waals surface area contributed by atoms with E-state index in [2.05, 4.69) is 32.2 Å². The molecule has 0 saturated heterocycles. The first-order valence-electron chi connectivity index (χ1n) is 12.5. The molecule has 0 aromatic heterocycles. The number of allylic oxidation sites excluding steroid dienone is 2. The Balaban J connectivity index is 2.17. The maximum absolute atomic E-state index is 6.65. The van der Waals surface area contributed by atoms with E-state index in [-0.39, 0.29) is 0 Å². The van der Waals surface area contributed by atoms with Crippen LogP contribution in [0.5, 0.6) is 11.5 Å². The molecule has 2 rings (SSSR count). The van der Waals surface area contributed by atoms with Crippen molar-refractivity contribution in [2.45, 2.75) is 77.2 Å². The van der Waals surface area contributed by atoms with Crippen LogP contribution >= 0.6 is 0 Å². The fourth-order valence-electron chi connectivity index (χ4n) is 3.97. The number of hydrogen-bond donors (Lipinski definition) is 0. The molecule has 2 aromatic carbocycles. The van der Waals surface area contributed by atoms with Gasteiger partial charge >= 0.3 is 8.80 Å². The molecule has 0 aliphatic heterocycles. The van der Waals surface area contributed by atoms with Gasteiger partial charge in [0.2, 0.25) is 0 Å². The van der Waals surface area contributed by atoms with E-state index in [1.807, 2.05) is 48.6 Å². The van der Waals surface area contributed by atoms with Gasteiger partial charge in [-0.1, -0.05) is 100 Å². The van der Waals surface area contributed by atoms with Crippen molar-refractivity contribution in [2.75, 3.05) is 7.11 Å². The molecule has 0 N–H and O–H groups in total. The van der Waals surface area contributed by atoms with Crippen LogP contribution in [0.4, 0.5) is 0 Å². The molecule has 0 amide bonds. The first-order valence-corrected chi connectivity index (χ1v) is 14.4. The van der Waals surface area contributed by atoms with Gasteiger partial charge in [-0.25, -0.2) is 0 Å². The molecule has 0 atom stereocenters. The third kappa shape index (κ3) is 9.22. The summed E-state index contributed by atoms with van der Waals surface area (Å²) in [6.07, 6.45) is 15.3. The lowest BCUT2D eigenvalue weighted by atomic mass is 10.1. The van der Waals surface area contributed by atoms with Crippen molar-refractivity contribution < 1.29 is 13.3 Å². The minimum atomic E-state index is -3.02. The molecule has 4 heteroatoms. The Morgan fingerprint density at radius 3 is 1.61 bits per heavy atom. The van der Waals surface area contributed by atoms with E-state index in [4.69, 9.17) is 13.3 Å². The summed E-state index contributed by atoms with van der Waals surface area (Å²) in [6, 6.07) is 17.0. The first kappa shape index (κ1) is 26.9. The van der Waals surface area contributed by atoms with E-state index in [1.165, 1.54) is 44.9 Å². The van der Waals surface area contributed by atoms with Crippen molar-refractivity contribution in [1.82, 2.24) is 0 Å². The lowest BCUT2D eigenvalue weighted by molar-refractivity contribution is 0.201. The molecule has 0 bridgehead atoms. The standard InChI is InChI=1S/C29H42O3Si/c1-5-8-9-10-11-12-13-18-25-33(30-4,31-28-23-16-14-21-26(28)19-6-2)32-29-24-17-15-22-27(29)20-7-3/h6-7,14-17,21-24H,2-3,5,8-13,18-20,25H2,1,4H3. The fourth-order valence-corrected chi connectivity index (χ4v) is 6.34. The van der Waals surface area contributed by atoms with Crippen LogP contribution < -0.4 is 8.85 Å². The molecular weight excluding hydrogens is 424 g/mol. The summed E-state index contributed by atoms with van der Waals surface area (Å²) < 4.78 is 19.4. The van der Waals surface area contributed by atoms with Gasteiger partial charge in [-0.15, -0.1) is 13.2 Å². The lowest BCUT2D eigenvalue weighted by Crippen LogP contribution is -2.51. The topological polar surface area (TPSA) is 27.7 Å². The third-order valence-corrected chi connectivity index (χ3v) is 8.50. The summed E-state index contributed by atoms with van der Waals surface area (Å²) in [5.74, 6) is 1.65.